The first-order valence-corrected chi connectivity index (χ1v) is 7.96. The lowest BCUT2D eigenvalue weighted by molar-refractivity contribution is 0.112. The van der Waals surface area contributed by atoms with Crippen molar-refractivity contribution in [3.8, 4) is 16.9 Å². The van der Waals surface area contributed by atoms with Gasteiger partial charge in [0.2, 0.25) is 0 Å². The minimum atomic E-state index is -0.988. The van der Waals surface area contributed by atoms with Gasteiger partial charge in [0, 0.05) is 18.0 Å². The second-order valence-corrected chi connectivity index (χ2v) is 5.97. The van der Waals surface area contributed by atoms with Crippen LogP contribution >= 0.6 is 0 Å². The van der Waals surface area contributed by atoms with Crippen LogP contribution in [0.4, 0.5) is 4.79 Å². The molecule has 0 aliphatic heterocycles. The van der Waals surface area contributed by atoms with Gasteiger partial charge in [-0.15, -0.1) is 0 Å². The van der Waals surface area contributed by atoms with Crippen molar-refractivity contribution in [2.75, 3.05) is 0 Å². The monoisotopic (exact) mass is 325 g/mol. The van der Waals surface area contributed by atoms with E-state index in [4.69, 9.17) is 9.84 Å². The van der Waals surface area contributed by atoms with Crippen LogP contribution in [0.5, 0.6) is 5.75 Å². The zero-order chi connectivity index (χ0) is 16.9. The van der Waals surface area contributed by atoms with Gasteiger partial charge in [0.25, 0.3) is 0 Å². The highest BCUT2D eigenvalue weighted by Gasteiger charge is 2.27. The van der Waals surface area contributed by atoms with Crippen LogP contribution in [0.25, 0.3) is 11.1 Å². The molecule has 0 aromatic heterocycles. The summed E-state index contributed by atoms with van der Waals surface area (Å²) in [5.74, 6) is 0.755. The molecule has 3 rings (SSSR count). The van der Waals surface area contributed by atoms with E-state index in [2.05, 4.69) is 5.32 Å². The molecule has 1 amide bonds. The van der Waals surface area contributed by atoms with Crippen LogP contribution in [0.3, 0.4) is 0 Å². The molecule has 0 radical (unpaired) electrons. The number of benzene rings is 2. The predicted molar refractivity (Wildman–Crippen MR) is 90.5 cm³/mol. The summed E-state index contributed by atoms with van der Waals surface area (Å²) in [6.07, 6.45) is 2.15. The Labute approximate surface area is 140 Å². The summed E-state index contributed by atoms with van der Waals surface area (Å²) in [5.41, 5.74) is 2.58. The maximum absolute atomic E-state index is 10.9. The number of carbonyl (C=O) groups excluding carboxylic acids is 1. The Morgan fingerprint density at radius 3 is 2.62 bits per heavy atom. The van der Waals surface area contributed by atoms with Gasteiger partial charge in [-0.05, 0) is 42.2 Å². The zero-order valence-corrected chi connectivity index (χ0v) is 13.1. The number of nitrogens with one attached hydrogen (secondary N) is 1. The fourth-order valence-electron chi connectivity index (χ4n) is 3.09. The number of ether oxygens (including phenoxy) is 1. The van der Waals surface area contributed by atoms with Crippen molar-refractivity contribution < 1.29 is 19.4 Å². The van der Waals surface area contributed by atoms with Crippen molar-refractivity contribution in [3.05, 3.63) is 54.1 Å². The van der Waals surface area contributed by atoms with E-state index in [1.807, 2.05) is 42.5 Å². The number of rotatable bonds is 5. The Balaban J connectivity index is 1.69. The molecule has 124 valence electrons. The minimum absolute atomic E-state index is 0.0124. The molecule has 2 atom stereocenters. The summed E-state index contributed by atoms with van der Waals surface area (Å²) in [6, 6.07) is 15.1. The number of carbonyl (C=O) groups is 2. The third-order valence-corrected chi connectivity index (χ3v) is 4.20. The van der Waals surface area contributed by atoms with Crippen molar-refractivity contribution in [2.24, 2.45) is 0 Å². The first-order chi connectivity index (χ1) is 11.6. The maximum Gasteiger partial charge on any atom is 0.404 e. The molecule has 0 heterocycles. The molecule has 2 aromatic carbocycles. The van der Waals surface area contributed by atoms with Gasteiger partial charge in [-0.3, -0.25) is 4.79 Å². The minimum Gasteiger partial charge on any atom is -0.490 e. The van der Waals surface area contributed by atoms with Crippen molar-refractivity contribution in [3.63, 3.8) is 0 Å². The molecular weight excluding hydrogens is 306 g/mol. The van der Waals surface area contributed by atoms with Gasteiger partial charge in [-0.25, -0.2) is 4.79 Å². The van der Waals surface area contributed by atoms with E-state index < -0.39 is 6.09 Å². The Hall–Kier alpha value is -2.82. The summed E-state index contributed by atoms with van der Waals surface area (Å²) < 4.78 is 6.00. The molecule has 24 heavy (non-hydrogen) atoms. The Morgan fingerprint density at radius 2 is 1.88 bits per heavy atom. The molecule has 0 spiro atoms. The van der Waals surface area contributed by atoms with Crippen LogP contribution in [0.15, 0.2) is 48.5 Å². The third kappa shape index (κ3) is 3.93. The molecule has 2 aromatic rings. The lowest BCUT2D eigenvalue weighted by Gasteiger charge is -2.15. The van der Waals surface area contributed by atoms with E-state index in [-0.39, 0.29) is 12.1 Å². The van der Waals surface area contributed by atoms with Gasteiger partial charge in [0.1, 0.15) is 18.1 Å². The first kappa shape index (κ1) is 16.1. The smallest absolute Gasteiger partial charge is 0.404 e. The Morgan fingerprint density at radius 1 is 1.12 bits per heavy atom. The number of hydrogen-bond donors (Lipinski definition) is 2. The summed E-state index contributed by atoms with van der Waals surface area (Å²) >= 11 is 0. The molecule has 1 aliphatic carbocycles. The summed E-state index contributed by atoms with van der Waals surface area (Å²) in [7, 11) is 0. The maximum atomic E-state index is 10.9. The fourth-order valence-corrected chi connectivity index (χ4v) is 3.09. The summed E-state index contributed by atoms with van der Waals surface area (Å²) in [5, 5.41) is 11.3. The number of aldehydes is 1. The van der Waals surface area contributed by atoms with E-state index in [9.17, 15) is 9.59 Å². The normalized spacial score (nSPS) is 19.7. The van der Waals surface area contributed by atoms with E-state index in [0.717, 1.165) is 36.0 Å². The van der Waals surface area contributed by atoms with Crippen LogP contribution in [-0.4, -0.2) is 29.6 Å². The van der Waals surface area contributed by atoms with Crippen LogP contribution in [-0.2, 0) is 0 Å². The lowest BCUT2D eigenvalue weighted by atomic mass is 10.0. The molecule has 0 saturated heterocycles. The average molecular weight is 325 g/mol. The second kappa shape index (κ2) is 7.17. The predicted octanol–water partition coefficient (Wildman–Crippen LogP) is 3.73. The van der Waals surface area contributed by atoms with Crippen LogP contribution < -0.4 is 10.1 Å². The second-order valence-electron chi connectivity index (χ2n) is 5.97. The number of hydrogen-bond acceptors (Lipinski definition) is 3. The van der Waals surface area contributed by atoms with E-state index >= 15 is 0 Å². The molecule has 5 nitrogen and oxygen atoms in total. The largest absolute Gasteiger partial charge is 0.490 e. The van der Waals surface area contributed by atoms with Gasteiger partial charge in [-0.1, -0.05) is 30.3 Å². The van der Waals surface area contributed by atoms with Crippen LogP contribution in [0.2, 0.25) is 0 Å². The van der Waals surface area contributed by atoms with Gasteiger partial charge in [0.15, 0.2) is 0 Å². The summed E-state index contributed by atoms with van der Waals surface area (Å²) in [4.78, 5) is 21.6. The number of carboxylic acid groups (broad SMARTS) is 1. The van der Waals surface area contributed by atoms with Crippen LogP contribution in [0, 0.1) is 0 Å². The topological polar surface area (TPSA) is 75.6 Å². The quantitative estimate of drug-likeness (QED) is 0.821. The molecule has 0 bridgehead atoms. The highest BCUT2D eigenvalue weighted by molar-refractivity contribution is 5.79. The van der Waals surface area contributed by atoms with Crippen molar-refractivity contribution >= 4 is 12.4 Å². The molecule has 1 aliphatic rings. The van der Waals surface area contributed by atoms with Gasteiger partial charge >= 0.3 is 6.09 Å². The molecule has 1 saturated carbocycles. The van der Waals surface area contributed by atoms with Crippen LogP contribution in [0.1, 0.15) is 29.6 Å². The van der Waals surface area contributed by atoms with Crippen molar-refractivity contribution in [1.29, 1.82) is 0 Å². The van der Waals surface area contributed by atoms with E-state index in [1.54, 1.807) is 6.07 Å². The van der Waals surface area contributed by atoms with E-state index in [1.165, 1.54) is 0 Å². The molecule has 2 N–H and O–H groups in total. The molecule has 0 unspecified atom stereocenters. The number of amides is 1. The lowest BCUT2D eigenvalue weighted by Crippen LogP contribution is -2.32. The van der Waals surface area contributed by atoms with Crippen molar-refractivity contribution in [2.45, 2.75) is 31.4 Å². The zero-order valence-electron chi connectivity index (χ0n) is 13.1. The van der Waals surface area contributed by atoms with Gasteiger partial charge in [-0.2, -0.15) is 0 Å². The Kier molecular flexibility index (Phi) is 4.79. The highest BCUT2D eigenvalue weighted by atomic mass is 16.5. The summed E-state index contributed by atoms with van der Waals surface area (Å²) in [6.45, 7) is 0. The Bertz CT molecular complexity index is 744. The average Bonchev–Trinajstić information content (AvgIpc) is 3.01. The third-order valence-electron chi connectivity index (χ3n) is 4.20. The highest BCUT2D eigenvalue weighted by Crippen LogP contribution is 2.28. The van der Waals surface area contributed by atoms with Crippen molar-refractivity contribution in [1.82, 2.24) is 5.32 Å². The molecule has 1 fully saturated rings. The van der Waals surface area contributed by atoms with Gasteiger partial charge in [0.05, 0.1) is 0 Å². The van der Waals surface area contributed by atoms with E-state index in [0.29, 0.717) is 12.0 Å². The molecular formula is C19H19NO4. The molecule has 5 heteroatoms. The fraction of sp³-hybridized carbons (Fsp3) is 0.263. The first-order valence-electron chi connectivity index (χ1n) is 7.96. The SMILES string of the molecule is O=Cc1cccc(-c2cccc(O[C@@H]3CC[C@@H](NC(=O)O)C3)c2)c1. The van der Waals surface area contributed by atoms with Gasteiger partial charge < -0.3 is 15.2 Å². The standard InChI is InChI=1S/C19H19NO4/c21-12-13-3-1-4-14(9-13)15-5-2-6-17(10-15)24-18-8-7-16(11-18)20-19(22)23/h1-6,9-10,12,16,18,20H,7-8,11H2,(H,22,23)/t16-,18-/m1/s1.